The number of fused-ring (bicyclic) bond motifs is 1. The number of halogens is 1. The van der Waals surface area contributed by atoms with Crippen LogP contribution in [0, 0.1) is 5.41 Å². The summed E-state index contributed by atoms with van der Waals surface area (Å²) >= 11 is 0. The molecule has 0 spiro atoms. The van der Waals surface area contributed by atoms with Crippen LogP contribution in [-0.2, 0) is 23.4 Å². The van der Waals surface area contributed by atoms with Gasteiger partial charge in [0.25, 0.3) is 0 Å². The van der Waals surface area contributed by atoms with E-state index in [0.29, 0.717) is 0 Å². The molecular weight excluding hydrogens is 590 g/mol. The summed E-state index contributed by atoms with van der Waals surface area (Å²) in [6.07, 6.45) is -1.17. The van der Waals surface area contributed by atoms with E-state index < -0.39 is 50.0 Å². The van der Waals surface area contributed by atoms with Gasteiger partial charge in [0, 0.05) is 0 Å². The lowest BCUT2D eigenvalue weighted by atomic mass is 9.99. The third-order valence-electron chi connectivity index (χ3n) is 5.79. The van der Waals surface area contributed by atoms with Crippen molar-refractivity contribution in [3.8, 4) is 11.6 Å². The molecule has 0 bridgehead atoms. The highest BCUT2D eigenvalue weighted by molar-refractivity contribution is 7.52. The monoisotopic (exact) mass is 624 g/mol. The Balaban J connectivity index is 1.56. The summed E-state index contributed by atoms with van der Waals surface area (Å²) in [7, 11) is -4.55. The number of para-hydroxylation sites is 1. The van der Waals surface area contributed by atoms with Gasteiger partial charge in [-0.1, -0.05) is 39.0 Å². The SMILES string of the molecule is CCOc1nc(N)nc2c1ncn2C1=C(O)[C@H](O)[C@@](F)(COP(=O)(NC(C)C(=O)OCC(C)(C)C)Oc2ccccc2)O1. The number of nitrogens with one attached hydrogen (secondary N) is 1. The fourth-order valence-electron chi connectivity index (χ4n) is 3.73. The van der Waals surface area contributed by atoms with Crippen LogP contribution in [0.5, 0.6) is 11.6 Å². The van der Waals surface area contributed by atoms with Crippen LogP contribution >= 0.6 is 7.75 Å². The summed E-state index contributed by atoms with van der Waals surface area (Å²) in [5.41, 5.74) is 5.54. The highest BCUT2D eigenvalue weighted by Gasteiger charge is 2.54. The van der Waals surface area contributed by atoms with Crippen LogP contribution in [-0.4, -0.2) is 73.5 Å². The van der Waals surface area contributed by atoms with E-state index in [-0.39, 0.29) is 47.4 Å². The van der Waals surface area contributed by atoms with E-state index in [2.05, 4.69) is 20.0 Å². The van der Waals surface area contributed by atoms with E-state index in [1.807, 2.05) is 20.8 Å². The minimum Gasteiger partial charge on any atom is -0.505 e. The average molecular weight is 625 g/mol. The van der Waals surface area contributed by atoms with Gasteiger partial charge in [0.2, 0.25) is 17.7 Å². The number of rotatable bonds is 12. The maximum absolute atomic E-state index is 16.1. The molecule has 4 rings (SSSR count). The fourth-order valence-corrected chi connectivity index (χ4v) is 5.24. The smallest absolute Gasteiger partial charge is 0.459 e. The number of aromatic nitrogens is 4. The van der Waals surface area contributed by atoms with Gasteiger partial charge >= 0.3 is 19.6 Å². The number of nitrogens with two attached hydrogens (primary N) is 1. The number of aliphatic hydroxyl groups is 2. The number of carbonyl (C=O) groups excluding carboxylic acids is 1. The quantitative estimate of drug-likeness (QED) is 0.169. The summed E-state index contributed by atoms with van der Waals surface area (Å²) in [4.78, 5) is 24.7. The molecular formula is C26H34FN6O9P. The van der Waals surface area contributed by atoms with Gasteiger partial charge in [-0.2, -0.15) is 19.4 Å². The van der Waals surface area contributed by atoms with Crippen LogP contribution in [0.4, 0.5) is 10.3 Å². The molecule has 15 nitrogen and oxygen atoms in total. The first-order chi connectivity index (χ1) is 20.1. The first-order valence-electron chi connectivity index (χ1n) is 13.2. The molecule has 234 valence electrons. The van der Waals surface area contributed by atoms with Crippen molar-refractivity contribution in [2.24, 2.45) is 5.41 Å². The number of esters is 1. The second-order valence-corrected chi connectivity index (χ2v) is 12.5. The lowest BCUT2D eigenvalue weighted by molar-refractivity contribution is -0.162. The lowest BCUT2D eigenvalue weighted by Gasteiger charge is -2.28. The molecule has 4 atom stereocenters. The summed E-state index contributed by atoms with van der Waals surface area (Å²) in [5.74, 6) is -5.56. The zero-order chi connectivity index (χ0) is 31.6. The Bertz CT molecular complexity index is 1550. The van der Waals surface area contributed by atoms with Crippen molar-refractivity contribution >= 4 is 36.7 Å². The number of nitrogen functional groups attached to an aromatic ring is 1. The first-order valence-corrected chi connectivity index (χ1v) is 14.8. The molecule has 2 unspecified atom stereocenters. The van der Waals surface area contributed by atoms with Gasteiger partial charge in [0.15, 0.2) is 23.0 Å². The van der Waals surface area contributed by atoms with Gasteiger partial charge in [-0.15, -0.1) is 0 Å². The highest BCUT2D eigenvalue weighted by Crippen LogP contribution is 2.48. The Morgan fingerprint density at radius 2 is 2.00 bits per heavy atom. The first kappa shape index (κ1) is 31.9. The summed E-state index contributed by atoms with van der Waals surface area (Å²) in [6, 6.07) is 6.59. The van der Waals surface area contributed by atoms with Crippen molar-refractivity contribution < 1.29 is 47.2 Å². The van der Waals surface area contributed by atoms with Crippen LogP contribution < -0.4 is 20.1 Å². The molecule has 0 fully saturated rings. The van der Waals surface area contributed by atoms with Crippen LogP contribution in [0.25, 0.3) is 17.0 Å². The topological polar surface area (TPSA) is 202 Å². The Labute approximate surface area is 246 Å². The van der Waals surface area contributed by atoms with Crippen molar-refractivity contribution in [3.05, 3.63) is 42.4 Å². The van der Waals surface area contributed by atoms with Gasteiger partial charge in [0.05, 0.1) is 13.2 Å². The number of carbonyl (C=O) groups is 1. The van der Waals surface area contributed by atoms with E-state index in [1.54, 1.807) is 25.1 Å². The Morgan fingerprint density at radius 1 is 1.30 bits per heavy atom. The maximum Gasteiger partial charge on any atom is 0.459 e. The summed E-state index contributed by atoms with van der Waals surface area (Å²) in [6.45, 7) is 7.76. The standard InChI is InChI=1S/C26H34FN6O9P/c1-6-38-21-17-20(30-24(28)31-21)33(14-29-17)22-18(34)19(35)26(27,41-22)13-40-43(37,42-16-10-8-7-9-11-16)32-15(2)23(36)39-12-25(3,4)5/h7-11,14-15,19,34-35H,6,12-13H2,1-5H3,(H,32,37)(H2,28,30,31)/t15?,19-,26+,43?/m0/s1. The van der Waals surface area contributed by atoms with Crippen molar-refractivity contribution in [1.82, 2.24) is 24.6 Å². The van der Waals surface area contributed by atoms with E-state index in [0.717, 1.165) is 10.9 Å². The number of ether oxygens (including phenoxy) is 3. The Hall–Kier alpha value is -3.98. The van der Waals surface area contributed by atoms with Crippen LogP contribution in [0.2, 0.25) is 0 Å². The molecule has 1 aromatic carbocycles. The van der Waals surface area contributed by atoms with Crippen LogP contribution in [0.3, 0.4) is 0 Å². The maximum atomic E-state index is 16.1. The molecule has 0 amide bonds. The van der Waals surface area contributed by atoms with E-state index in [4.69, 9.17) is 29.0 Å². The van der Waals surface area contributed by atoms with Crippen LogP contribution in [0.1, 0.15) is 34.6 Å². The number of anilines is 1. The summed E-state index contributed by atoms with van der Waals surface area (Å²) in [5, 5.41) is 23.7. The lowest BCUT2D eigenvalue weighted by Crippen LogP contribution is -2.42. The minimum absolute atomic E-state index is 0.0165. The van der Waals surface area contributed by atoms with Gasteiger partial charge in [0.1, 0.15) is 24.7 Å². The largest absolute Gasteiger partial charge is 0.505 e. The Morgan fingerprint density at radius 3 is 2.65 bits per heavy atom. The number of hydrogen-bond donors (Lipinski definition) is 4. The number of imidazole rings is 1. The number of benzene rings is 1. The fraction of sp³-hybridized carbons (Fsp3) is 0.462. The molecule has 3 aromatic rings. The predicted octanol–water partition coefficient (Wildman–Crippen LogP) is 3.32. The number of aliphatic hydroxyl groups excluding tert-OH is 2. The second kappa shape index (κ2) is 12.3. The van der Waals surface area contributed by atoms with Crippen molar-refractivity contribution in [2.75, 3.05) is 25.6 Å². The van der Waals surface area contributed by atoms with Gasteiger partial charge in [-0.25, -0.2) is 14.1 Å². The van der Waals surface area contributed by atoms with Crippen molar-refractivity contribution in [3.63, 3.8) is 0 Å². The van der Waals surface area contributed by atoms with Gasteiger partial charge in [-0.05, 0) is 31.4 Å². The van der Waals surface area contributed by atoms with E-state index in [9.17, 15) is 19.6 Å². The normalized spacial score (nSPS) is 20.9. The van der Waals surface area contributed by atoms with Gasteiger partial charge < -0.3 is 34.7 Å². The second-order valence-electron chi connectivity index (χ2n) is 10.8. The number of nitrogens with zero attached hydrogens (tertiary/aromatic N) is 4. The molecule has 0 aliphatic carbocycles. The number of hydrogen-bond acceptors (Lipinski definition) is 13. The highest BCUT2D eigenvalue weighted by atomic mass is 31.2. The molecule has 17 heteroatoms. The molecule has 43 heavy (non-hydrogen) atoms. The van der Waals surface area contributed by atoms with Crippen LogP contribution in [0.15, 0.2) is 42.4 Å². The molecule has 0 saturated carbocycles. The van der Waals surface area contributed by atoms with Crippen molar-refractivity contribution in [2.45, 2.75) is 52.6 Å². The zero-order valence-electron chi connectivity index (χ0n) is 24.2. The van der Waals surface area contributed by atoms with Crippen molar-refractivity contribution in [1.29, 1.82) is 0 Å². The minimum atomic E-state index is -4.55. The van der Waals surface area contributed by atoms with E-state index >= 15 is 4.39 Å². The predicted molar refractivity (Wildman–Crippen MR) is 151 cm³/mol. The molecule has 2 aromatic heterocycles. The Kier molecular flexibility index (Phi) is 9.16. The third kappa shape index (κ3) is 7.33. The van der Waals surface area contributed by atoms with E-state index in [1.165, 1.54) is 19.1 Å². The third-order valence-corrected chi connectivity index (χ3v) is 7.41. The molecule has 1 aliphatic rings. The zero-order valence-corrected chi connectivity index (χ0v) is 25.1. The molecule has 1 aliphatic heterocycles. The molecule has 0 radical (unpaired) electrons. The molecule has 5 N–H and O–H groups in total. The van der Waals surface area contributed by atoms with Gasteiger partial charge in [-0.3, -0.25) is 9.32 Å². The number of alkyl halides is 1. The average Bonchev–Trinajstić information content (AvgIpc) is 3.45. The molecule has 0 saturated heterocycles. The summed E-state index contributed by atoms with van der Waals surface area (Å²) < 4.78 is 57.8. The molecule has 3 heterocycles.